The Morgan fingerprint density at radius 1 is 1.25 bits per heavy atom. The minimum Gasteiger partial charge on any atom is -0.381 e. The summed E-state index contributed by atoms with van der Waals surface area (Å²) in [5, 5.41) is 6.60. The first kappa shape index (κ1) is 17.2. The van der Waals surface area contributed by atoms with E-state index in [1.165, 1.54) is 0 Å². The molecule has 0 heterocycles. The average molecular weight is 319 g/mol. The van der Waals surface area contributed by atoms with Crippen molar-refractivity contribution in [2.45, 2.75) is 19.8 Å². The lowest BCUT2D eigenvalue weighted by molar-refractivity contribution is -0.115. The second kappa shape index (κ2) is 10.00. The number of ether oxygens (including phenoxy) is 1. The third-order valence-electron chi connectivity index (χ3n) is 2.50. The fraction of sp³-hybridized carbons (Fsp3) is 0.500. The van der Waals surface area contributed by atoms with Crippen LogP contribution in [-0.2, 0) is 9.53 Å². The van der Waals surface area contributed by atoms with Crippen LogP contribution in [0.4, 0.5) is 5.69 Å². The molecule has 1 amide bonds. The largest absolute Gasteiger partial charge is 0.381 e. The predicted molar refractivity (Wildman–Crippen MR) is 83.7 cm³/mol. The van der Waals surface area contributed by atoms with Gasteiger partial charge in [-0.2, -0.15) is 0 Å². The molecule has 0 saturated carbocycles. The molecule has 4 nitrogen and oxygen atoms in total. The first-order valence-electron chi connectivity index (χ1n) is 6.67. The molecule has 0 radical (unpaired) electrons. The molecule has 0 atom stereocenters. The van der Waals surface area contributed by atoms with Gasteiger partial charge in [0.05, 0.1) is 22.3 Å². The Labute approximate surface area is 129 Å². The molecule has 0 fully saturated rings. The molecule has 2 N–H and O–H groups in total. The summed E-state index contributed by atoms with van der Waals surface area (Å²) in [6.45, 7) is 4.51. The van der Waals surface area contributed by atoms with Crippen molar-refractivity contribution < 1.29 is 9.53 Å². The van der Waals surface area contributed by atoms with Gasteiger partial charge in [-0.05, 0) is 31.5 Å². The van der Waals surface area contributed by atoms with E-state index in [4.69, 9.17) is 27.9 Å². The minimum absolute atomic E-state index is 0.172. The highest BCUT2D eigenvalue weighted by Crippen LogP contribution is 2.29. The third-order valence-corrected chi connectivity index (χ3v) is 3.13. The molecule has 0 unspecified atom stereocenters. The lowest BCUT2D eigenvalue weighted by atomic mass is 10.3. The average Bonchev–Trinajstić information content (AvgIpc) is 2.42. The summed E-state index contributed by atoms with van der Waals surface area (Å²) in [6, 6.07) is 5.10. The molecular formula is C14H20Cl2N2O2. The number of para-hydroxylation sites is 1. The van der Waals surface area contributed by atoms with Crippen LogP contribution in [0.1, 0.15) is 19.8 Å². The van der Waals surface area contributed by atoms with Gasteiger partial charge in [0.1, 0.15) is 0 Å². The van der Waals surface area contributed by atoms with E-state index in [-0.39, 0.29) is 12.5 Å². The van der Waals surface area contributed by atoms with E-state index < -0.39 is 0 Å². The quantitative estimate of drug-likeness (QED) is 0.686. The third kappa shape index (κ3) is 6.57. The van der Waals surface area contributed by atoms with Crippen molar-refractivity contribution in [2.24, 2.45) is 0 Å². The van der Waals surface area contributed by atoms with Crippen molar-refractivity contribution in [3.05, 3.63) is 28.2 Å². The maximum Gasteiger partial charge on any atom is 0.238 e. The van der Waals surface area contributed by atoms with Crippen LogP contribution in [0.2, 0.25) is 10.0 Å². The standard InChI is InChI=1S/C14H20Cl2N2O2/c1-2-8-20-9-4-7-17-10-13(19)18-14-11(15)5-3-6-12(14)16/h3,5-6,17H,2,4,7-10H2,1H3,(H,18,19). The zero-order chi connectivity index (χ0) is 14.8. The van der Waals surface area contributed by atoms with Crippen LogP contribution in [0.5, 0.6) is 0 Å². The van der Waals surface area contributed by atoms with Crippen LogP contribution in [0.25, 0.3) is 0 Å². The van der Waals surface area contributed by atoms with Gasteiger partial charge in [0, 0.05) is 13.2 Å². The topological polar surface area (TPSA) is 50.4 Å². The van der Waals surface area contributed by atoms with Crippen LogP contribution in [0.15, 0.2) is 18.2 Å². The molecule has 1 aromatic carbocycles. The number of nitrogens with one attached hydrogen (secondary N) is 2. The lowest BCUT2D eigenvalue weighted by Crippen LogP contribution is -2.29. The number of carbonyl (C=O) groups is 1. The molecule has 0 aliphatic heterocycles. The maximum atomic E-state index is 11.7. The molecule has 0 bridgehead atoms. The molecule has 0 aliphatic rings. The molecule has 20 heavy (non-hydrogen) atoms. The molecule has 1 aromatic rings. The van der Waals surface area contributed by atoms with Crippen LogP contribution in [0.3, 0.4) is 0 Å². The van der Waals surface area contributed by atoms with Crippen molar-refractivity contribution in [1.29, 1.82) is 0 Å². The molecule has 112 valence electrons. The van der Waals surface area contributed by atoms with Crippen molar-refractivity contribution in [3.63, 3.8) is 0 Å². The number of amides is 1. The normalized spacial score (nSPS) is 10.6. The van der Waals surface area contributed by atoms with Crippen molar-refractivity contribution in [1.82, 2.24) is 5.32 Å². The van der Waals surface area contributed by atoms with E-state index >= 15 is 0 Å². The maximum absolute atomic E-state index is 11.7. The van der Waals surface area contributed by atoms with Gasteiger partial charge in [-0.1, -0.05) is 36.2 Å². The Kier molecular flexibility index (Phi) is 8.62. The van der Waals surface area contributed by atoms with Gasteiger partial charge in [0.2, 0.25) is 5.91 Å². The number of hydrogen-bond acceptors (Lipinski definition) is 3. The van der Waals surface area contributed by atoms with Gasteiger partial charge in [-0.3, -0.25) is 4.79 Å². The first-order chi connectivity index (χ1) is 9.65. The van der Waals surface area contributed by atoms with Gasteiger partial charge in [-0.15, -0.1) is 0 Å². The highest BCUT2D eigenvalue weighted by molar-refractivity contribution is 6.39. The van der Waals surface area contributed by atoms with Gasteiger partial charge in [-0.25, -0.2) is 0 Å². The predicted octanol–water partition coefficient (Wildman–Crippen LogP) is 3.34. The Morgan fingerprint density at radius 3 is 2.60 bits per heavy atom. The lowest BCUT2D eigenvalue weighted by Gasteiger charge is -2.09. The van der Waals surface area contributed by atoms with Crippen LogP contribution >= 0.6 is 23.2 Å². The van der Waals surface area contributed by atoms with Crippen LogP contribution in [-0.4, -0.2) is 32.2 Å². The Morgan fingerprint density at radius 2 is 1.95 bits per heavy atom. The first-order valence-corrected chi connectivity index (χ1v) is 7.43. The fourth-order valence-corrected chi connectivity index (χ4v) is 2.04. The van der Waals surface area contributed by atoms with Gasteiger partial charge in [0.25, 0.3) is 0 Å². The number of anilines is 1. The summed E-state index contributed by atoms with van der Waals surface area (Å²) in [4.78, 5) is 11.7. The molecule has 0 spiro atoms. The summed E-state index contributed by atoms with van der Waals surface area (Å²) in [5.74, 6) is -0.172. The number of halogens is 2. The SMILES string of the molecule is CCCOCCCNCC(=O)Nc1c(Cl)cccc1Cl. The number of carbonyl (C=O) groups excluding carboxylic acids is 1. The second-order valence-corrected chi connectivity index (χ2v) is 5.10. The molecule has 0 aromatic heterocycles. The number of rotatable bonds is 9. The second-order valence-electron chi connectivity index (χ2n) is 4.29. The van der Waals surface area contributed by atoms with E-state index in [2.05, 4.69) is 17.6 Å². The Hall–Kier alpha value is -0.810. The van der Waals surface area contributed by atoms with Crippen LogP contribution < -0.4 is 10.6 Å². The van der Waals surface area contributed by atoms with Crippen molar-refractivity contribution in [2.75, 3.05) is 31.6 Å². The van der Waals surface area contributed by atoms with E-state index in [9.17, 15) is 4.79 Å². The minimum atomic E-state index is -0.172. The Bertz CT molecular complexity index is 407. The zero-order valence-electron chi connectivity index (χ0n) is 11.5. The van der Waals surface area contributed by atoms with Crippen molar-refractivity contribution in [3.8, 4) is 0 Å². The summed E-state index contributed by atoms with van der Waals surface area (Å²) in [5.41, 5.74) is 0.453. The molecule has 0 aliphatic carbocycles. The van der Waals surface area contributed by atoms with E-state index in [0.29, 0.717) is 22.3 Å². The molecule has 0 saturated heterocycles. The molecule has 6 heteroatoms. The van der Waals surface area contributed by atoms with E-state index in [0.717, 1.165) is 26.0 Å². The van der Waals surface area contributed by atoms with E-state index in [1.807, 2.05) is 0 Å². The highest BCUT2D eigenvalue weighted by Gasteiger charge is 2.08. The summed E-state index contributed by atoms with van der Waals surface area (Å²) >= 11 is 11.9. The smallest absolute Gasteiger partial charge is 0.238 e. The van der Waals surface area contributed by atoms with Crippen LogP contribution in [0, 0.1) is 0 Å². The number of benzene rings is 1. The summed E-state index contributed by atoms with van der Waals surface area (Å²) in [7, 11) is 0. The monoisotopic (exact) mass is 318 g/mol. The van der Waals surface area contributed by atoms with Crippen molar-refractivity contribution >= 4 is 34.8 Å². The van der Waals surface area contributed by atoms with Gasteiger partial charge in [0.15, 0.2) is 0 Å². The fourth-order valence-electron chi connectivity index (χ4n) is 1.55. The number of hydrogen-bond donors (Lipinski definition) is 2. The summed E-state index contributed by atoms with van der Waals surface area (Å²) < 4.78 is 5.34. The zero-order valence-corrected chi connectivity index (χ0v) is 13.1. The highest BCUT2D eigenvalue weighted by atomic mass is 35.5. The summed E-state index contributed by atoms with van der Waals surface area (Å²) in [6.07, 6.45) is 1.90. The van der Waals surface area contributed by atoms with E-state index in [1.54, 1.807) is 18.2 Å². The van der Waals surface area contributed by atoms with Gasteiger partial charge < -0.3 is 15.4 Å². The molecular weight excluding hydrogens is 299 g/mol. The van der Waals surface area contributed by atoms with Gasteiger partial charge >= 0.3 is 0 Å². The Balaban J connectivity index is 2.21. The molecule has 1 rings (SSSR count).